The summed E-state index contributed by atoms with van der Waals surface area (Å²) in [6.07, 6.45) is 7.15. The zero-order valence-corrected chi connectivity index (χ0v) is 11.2. The van der Waals surface area contributed by atoms with Crippen LogP contribution in [0.2, 0.25) is 0 Å². The minimum atomic E-state index is 0.762. The first-order valence-corrected chi connectivity index (χ1v) is 7.05. The second kappa shape index (κ2) is 5.50. The van der Waals surface area contributed by atoms with E-state index in [9.17, 15) is 0 Å². The highest BCUT2D eigenvalue weighted by atomic mass is 15.1. The van der Waals surface area contributed by atoms with E-state index in [1.54, 1.807) is 0 Å². The third-order valence-electron chi connectivity index (χ3n) is 4.43. The van der Waals surface area contributed by atoms with Gasteiger partial charge in [0.05, 0.1) is 0 Å². The fourth-order valence-electron chi connectivity index (χ4n) is 3.30. The minimum absolute atomic E-state index is 0.762. The van der Waals surface area contributed by atoms with Crippen LogP contribution in [0.3, 0.4) is 0 Å². The molecule has 0 aromatic carbocycles. The molecule has 0 heterocycles. The van der Waals surface area contributed by atoms with Gasteiger partial charge >= 0.3 is 0 Å². The average Bonchev–Trinajstić information content (AvgIpc) is 3.02. The van der Waals surface area contributed by atoms with Crippen molar-refractivity contribution in [1.82, 2.24) is 10.2 Å². The zero-order chi connectivity index (χ0) is 11.5. The molecule has 2 nitrogen and oxygen atoms in total. The molecule has 0 spiro atoms. The molecule has 0 aromatic rings. The van der Waals surface area contributed by atoms with Crippen LogP contribution in [0.15, 0.2) is 0 Å². The van der Waals surface area contributed by atoms with Crippen LogP contribution in [0, 0.1) is 17.8 Å². The molecule has 0 aliphatic heterocycles. The Morgan fingerprint density at radius 3 is 2.50 bits per heavy atom. The van der Waals surface area contributed by atoms with Gasteiger partial charge < -0.3 is 10.2 Å². The Morgan fingerprint density at radius 1 is 1.12 bits per heavy atom. The fraction of sp³-hybridized carbons (Fsp3) is 1.00. The Balaban J connectivity index is 1.79. The summed E-state index contributed by atoms with van der Waals surface area (Å²) in [5.74, 6) is 2.83. The average molecular weight is 224 g/mol. The Hall–Kier alpha value is -0.0800. The third kappa shape index (κ3) is 3.46. The van der Waals surface area contributed by atoms with E-state index in [-0.39, 0.29) is 0 Å². The SMILES string of the molecule is CNC1CCC(C)CC1CN(C)CC1CC1. The number of nitrogens with one attached hydrogen (secondary N) is 1. The van der Waals surface area contributed by atoms with E-state index in [1.807, 2.05) is 0 Å². The van der Waals surface area contributed by atoms with Crippen molar-refractivity contribution >= 4 is 0 Å². The summed E-state index contributed by atoms with van der Waals surface area (Å²) in [5, 5.41) is 3.52. The van der Waals surface area contributed by atoms with Crippen LogP contribution in [0.4, 0.5) is 0 Å². The molecule has 3 unspecified atom stereocenters. The number of rotatable bonds is 5. The Labute approximate surface area is 101 Å². The second-order valence-electron chi connectivity index (χ2n) is 6.24. The van der Waals surface area contributed by atoms with E-state index in [2.05, 4.69) is 31.2 Å². The highest BCUT2D eigenvalue weighted by molar-refractivity contribution is 4.85. The van der Waals surface area contributed by atoms with Crippen molar-refractivity contribution in [2.45, 2.75) is 45.1 Å². The van der Waals surface area contributed by atoms with Gasteiger partial charge in [-0.1, -0.05) is 6.92 Å². The quantitative estimate of drug-likeness (QED) is 0.771. The van der Waals surface area contributed by atoms with Gasteiger partial charge in [-0.25, -0.2) is 0 Å². The normalized spacial score (nSPS) is 35.6. The van der Waals surface area contributed by atoms with E-state index in [0.717, 1.165) is 23.8 Å². The molecular weight excluding hydrogens is 196 g/mol. The van der Waals surface area contributed by atoms with Gasteiger partial charge in [0.15, 0.2) is 0 Å². The monoisotopic (exact) mass is 224 g/mol. The van der Waals surface area contributed by atoms with Gasteiger partial charge in [-0.3, -0.25) is 0 Å². The van der Waals surface area contributed by atoms with Crippen LogP contribution in [0.5, 0.6) is 0 Å². The van der Waals surface area contributed by atoms with E-state index < -0.39 is 0 Å². The largest absolute Gasteiger partial charge is 0.317 e. The minimum Gasteiger partial charge on any atom is -0.317 e. The van der Waals surface area contributed by atoms with Crippen molar-refractivity contribution in [2.24, 2.45) is 17.8 Å². The summed E-state index contributed by atoms with van der Waals surface area (Å²) in [7, 11) is 4.44. The van der Waals surface area contributed by atoms with Crippen molar-refractivity contribution in [3.63, 3.8) is 0 Å². The van der Waals surface area contributed by atoms with Crippen molar-refractivity contribution in [2.75, 3.05) is 27.2 Å². The lowest BCUT2D eigenvalue weighted by Gasteiger charge is -2.37. The molecule has 2 rings (SSSR count). The first kappa shape index (κ1) is 12.4. The van der Waals surface area contributed by atoms with E-state index >= 15 is 0 Å². The van der Waals surface area contributed by atoms with Crippen LogP contribution >= 0.6 is 0 Å². The lowest BCUT2D eigenvalue weighted by molar-refractivity contribution is 0.162. The number of nitrogens with zero attached hydrogens (tertiary/aromatic N) is 1. The Bertz CT molecular complexity index is 213. The molecule has 16 heavy (non-hydrogen) atoms. The highest BCUT2D eigenvalue weighted by Gasteiger charge is 2.30. The third-order valence-corrected chi connectivity index (χ3v) is 4.43. The van der Waals surface area contributed by atoms with Gasteiger partial charge in [0, 0.05) is 19.1 Å². The van der Waals surface area contributed by atoms with Crippen molar-refractivity contribution in [3.05, 3.63) is 0 Å². The molecule has 0 bridgehead atoms. The molecule has 2 heteroatoms. The molecule has 2 aliphatic rings. The van der Waals surface area contributed by atoms with Gasteiger partial charge in [-0.15, -0.1) is 0 Å². The topological polar surface area (TPSA) is 15.3 Å². The zero-order valence-electron chi connectivity index (χ0n) is 11.2. The molecule has 0 saturated heterocycles. The molecule has 3 atom stereocenters. The van der Waals surface area contributed by atoms with Crippen LogP contribution < -0.4 is 5.32 Å². The van der Waals surface area contributed by atoms with Gasteiger partial charge in [0.25, 0.3) is 0 Å². The van der Waals surface area contributed by atoms with Crippen molar-refractivity contribution in [1.29, 1.82) is 0 Å². The standard InChI is InChI=1S/C14H28N2/c1-11-4-7-14(15-2)13(8-11)10-16(3)9-12-5-6-12/h11-15H,4-10H2,1-3H3. The fourth-order valence-corrected chi connectivity index (χ4v) is 3.30. The molecule has 1 N–H and O–H groups in total. The molecule has 2 fully saturated rings. The molecule has 0 amide bonds. The molecule has 0 aromatic heterocycles. The van der Waals surface area contributed by atoms with Gasteiger partial charge in [-0.05, 0) is 64.0 Å². The smallest absolute Gasteiger partial charge is 0.0105 e. The van der Waals surface area contributed by atoms with Gasteiger partial charge in [0.1, 0.15) is 0 Å². The second-order valence-corrected chi connectivity index (χ2v) is 6.24. The lowest BCUT2D eigenvalue weighted by Crippen LogP contribution is -2.43. The summed E-state index contributed by atoms with van der Waals surface area (Å²) in [6, 6.07) is 0.762. The van der Waals surface area contributed by atoms with Crippen LogP contribution in [0.25, 0.3) is 0 Å². The van der Waals surface area contributed by atoms with Crippen molar-refractivity contribution < 1.29 is 0 Å². The number of hydrogen-bond acceptors (Lipinski definition) is 2. The maximum absolute atomic E-state index is 3.52. The molecule has 2 saturated carbocycles. The predicted molar refractivity (Wildman–Crippen MR) is 69.6 cm³/mol. The van der Waals surface area contributed by atoms with Crippen LogP contribution in [-0.2, 0) is 0 Å². The summed E-state index contributed by atoms with van der Waals surface area (Å²) >= 11 is 0. The Morgan fingerprint density at radius 2 is 1.88 bits per heavy atom. The van der Waals surface area contributed by atoms with Crippen LogP contribution in [-0.4, -0.2) is 38.1 Å². The van der Waals surface area contributed by atoms with E-state index in [1.165, 1.54) is 45.2 Å². The lowest BCUT2D eigenvalue weighted by atomic mass is 9.78. The van der Waals surface area contributed by atoms with Crippen LogP contribution in [0.1, 0.15) is 39.0 Å². The van der Waals surface area contributed by atoms with E-state index in [4.69, 9.17) is 0 Å². The van der Waals surface area contributed by atoms with Gasteiger partial charge in [0.2, 0.25) is 0 Å². The number of hydrogen-bond donors (Lipinski definition) is 1. The molecule has 2 aliphatic carbocycles. The first-order valence-electron chi connectivity index (χ1n) is 7.05. The van der Waals surface area contributed by atoms with Crippen molar-refractivity contribution in [3.8, 4) is 0 Å². The Kier molecular flexibility index (Phi) is 4.26. The summed E-state index contributed by atoms with van der Waals surface area (Å²) in [5.41, 5.74) is 0. The maximum atomic E-state index is 3.52. The maximum Gasteiger partial charge on any atom is 0.0105 e. The molecular formula is C14H28N2. The predicted octanol–water partition coefficient (Wildman–Crippen LogP) is 2.35. The first-order chi connectivity index (χ1) is 7.69. The summed E-state index contributed by atoms with van der Waals surface area (Å²) < 4.78 is 0. The molecule has 94 valence electrons. The van der Waals surface area contributed by atoms with Gasteiger partial charge in [-0.2, -0.15) is 0 Å². The van der Waals surface area contributed by atoms with E-state index in [0.29, 0.717) is 0 Å². The summed E-state index contributed by atoms with van der Waals surface area (Å²) in [4.78, 5) is 2.57. The highest BCUT2D eigenvalue weighted by Crippen LogP contribution is 2.32. The molecule has 0 radical (unpaired) electrons. The summed E-state index contributed by atoms with van der Waals surface area (Å²) in [6.45, 7) is 5.05.